The van der Waals surface area contributed by atoms with Crippen molar-refractivity contribution in [2.75, 3.05) is 0 Å². The fourth-order valence-electron chi connectivity index (χ4n) is 16.1. The first-order valence-electron chi connectivity index (χ1n) is 26.4. The molecule has 0 aromatic carbocycles. The highest BCUT2D eigenvalue weighted by Crippen LogP contribution is 2.52. The number of carbonyl (C=O) groups excluding carboxylic acids is 4. The molecule has 0 aromatic rings. The SMILES string of the molecule is CC(=O)[C@@H]1CC2C(CCC[C@H]2C)[C@@H](C)C1.CC(=O)[C@@H]1CC2C(CCC[C@H]2C)[C@@H](C)C1.CC(=O)[C@H]1CC2C(CCC[C@H]2C)[C@@H](C)C1.CC(=O)[C@H]1CC2C(CCC[C@H]2C)[C@@H](C)C1. The lowest BCUT2D eigenvalue weighted by Gasteiger charge is -2.46. The Kier molecular flexibility index (Phi) is 18.7. The van der Waals surface area contributed by atoms with Gasteiger partial charge in [0.05, 0.1) is 0 Å². The summed E-state index contributed by atoms with van der Waals surface area (Å²) in [4.78, 5) is 46.1. The number of carbonyl (C=O) groups is 4. The number of Topliss-reactive ketones (excluding diaryl/α,β-unsaturated/α-hetero) is 4. The van der Waals surface area contributed by atoms with E-state index in [0.29, 0.717) is 46.8 Å². The van der Waals surface area contributed by atoms with Crippen LogP contribution in [0, 0.1) is 118 Å². The predicted octanol–water partition coefficient (Wildman–Crippen LogP) is 14.7. The number of hydrogen-bond acceptors (Lipinski definition) is 4. The first kappa shape index (κ1) is 49.7. The van der Waals surface area contributed by atoms with Crippen molar-refractivity contribution >= 4 is 23.1 Å². The molecule has 0 radical (unpaired) electrons. The second-order valence-electron chi connectivity index (χ2n) is 24.0. The molecule has 8 rings (SSSR count). The Morgan fingerprint density at radius 1 is 0.250 bits per heavy atom. The van der Waals surface area contributed by atoms with Crippen LogP contribution in [-0.4, -0.2) is 23.1 Å². The molecule has 0 spiro atoms. The lowest BCUT2D eigenvalue weighted by atomic mass is 9.59. The lowest BCUT2D eigenvalue weighted by Crippen LogP contribution is -2.39. The molecule has 0 saturated heterocycles. The van der Waals surface area contributed by atoms with Crippen molar-refractivity contribution in [3.63, 3.8) is 0 Å². The summed E-state index contributed by atoms with van der Waals surface area (Å²) in [7, 11) is 0. The first-order chi connectivity index (χ1) is 28.4. The van der Waals surface area contributed by atoms with Gasteiger partial charge in [0.2, 0.25) is 0 Å². The van der Waals surface area contributed by atoms with Crippen molar-refractivity contribution in [3.8, 4) is 0 Å². The molecule has 60 heavy (non-hydrogen) atoms. The van der Waals surface area contributed by atoms with Gasteiger partial charge in [-0.2, -0.15) is 0 Å². The maximum absolute atomic E-state index is 11.5. The summed E-state index contributed by atoms with van der Waals surface area (Å²) in [5, 5.41) is 0. The van der Waals surface area contributed by atoms with Crippen molar-refractivity contribution in [2.45, 2.75) is 212 Å². The van der Waals surface area contributed by atoms with Gasteiger partial charge < -0.3 is 0 Å². The minimum Gasteiger partial charge on any atom is -0.300 e. The Bertz CT molecular complexity index is 1190. The summed E-state index contributed by atoms with van der Waals surface area (Å²) in [5.41, 5.74) is 0. The predicted molar refractivity (Wildman–Crippen MR) is 250 cm³/mol. The molecule has 8 aliphatic carbocycles. The summed E-state index contributed by atoms with van der Waals surface area (Å²) < 4.78 is 0. The summed E-state index contributed by atoms with van der Waals surface area (Å²) in [6.45, 7) is 26.2. The fraction of sp³-hybridized carbons (Fsp3) is 0.929. The van der Waals surface area contributed by atoms with Crippen LogP contribution in [-0.2, 0) is 19.2 Å². The maximum atomic E-state index is 11.5. The normalized spacial score (nSPS) is 45.9. The molecule has 344 valence electrons. The minimum absolute atomic E-state index is 0.377. The van der Waals surface area contributed by atoms with Gasteiger partial charge in [-0.05, 0) is 199 Å². The summed E-state index contributed by atoms with van der Waals surface area (Å²) in [6.07, 6.45) is 26.2. The highest BCUT2D eigenvalue weighted by atomic mass is 16.1. The molecule has 0 aromatic heterocycles. The first-order valence-corrected chi connectivity index (χ1v) is 26.4. The van der Waals surface area contributed by atoms with Crippen molar-refractivity contribution < 1.29 is 19.2 Å². The molecule has 8 aliphatic rings. The topological polar surface area (TPSA) is 68.3 Å². The average Bonchev–Trinajstić information content (AvgIpc) is 3.20. The zero-order valence-corrected chi connectivity index (χ0v) is 41.3. The van der Waals surface area contributed by atoms with Crippen LogP contribution in [0.25, 0.3) is 0 Å². The molecule has 0 aliphatic heterocycles. The Hall–Kier alpha value is -1.32. The van der Waals surface area contributed by atoms with Gasteiger partial charge in [0, 0.05) is 23.7 Å². The second-order valence-corrected chi connectivity index (χ2v) is 24.0. The van der Waals surface area contributed by atoms with Gasteiger partial charge in [-0.25, -0.2) is 0 Å². The van der Waals surface area contributed by atoms with E-state index < -0.39 is 0 Å². The van der Waals surface area contributed by atoms with E-state index >= 15 is 0 Å². The lowest BCUT2D eigenvalue weighted by molar-refractivity contribution is -0.125. The molecule has 8 saturated carbocycles. The van der Waals surface area contributed by atoms with E-state index in [1.165, 1.54) is 103 Å². The number of hydrogen-bond donors (Lipinski definition) is 0. The molecule has 20 atom stereocenters. The number of fused-ring (bicyclic) bond motifs is 4. The quantitative estimate of drug-likeness (QED) is 0.283. The van der Waals surface area contributed by atoms with Crippen LogP contribution < -0.4 is 0 Å². The van der Waals surface area contributed by atoms with E-state index in [1.807, 2.05) is 0 Å². The third-order valence-electron chi connectivity index (χ3n) is 20.0. The molecule has 4 nitrogen and oxygen atoms in total. The number of rotatable bonds is 4. The Labute approximate surface area is 370 Å². The third-order valence-corrected chi connectivity index (χ3v) is 20.0. The fourth-order valence-corrected chi connectivity index (χ4v) is 16.1. The van der Waals surface area contributed by atoms with Crippen LogP contribution in [0.15, 0.2) is 0 Å². The van der Waals surface area contributed by atoms with Gasteiger partial charge in [-0.1, -0.05) is 107 Å². The van der Waals surface area contributed by atoms with E-state index in [2.05, 4.69) is 55.4 Å². The highest BCUT2D eigenvalue weighted by Gasteiger charge is 2.44. The molecular formula is C56H96O4. The van der Waals surface area contributed by atoms with Crippen molar-refractivity contribution in [1.82, 2.24) is 0 Å². The number of ketones is 4. The molecule has 0 amide bonds. The summed E-state index contributed by atoms with van der Waals surface area (Å²) in [5.74, 6) is 16.8. The van der Waals surface area contributed by atoms with E-state index in [0.717, 1.165) is 120 Å². The van der Waals surface area contributed by atoms with E-state index in [4.69, 9.17) is 0 Å². The largest absolute Gasteiger partial charge is 0.300 e. The molecule has 0 heterocycles. The summed E-state index contributed by atoms with van der Waals surface area (Å²) in [6, 6.07) is 0. The van der Waals surface area contributed by atoms with E-state index in [1.54, 1.807) is 27.7 Å². The Morgan fingerprint density at radius 2 is 0.433 bits per heavy atom. The van der Waals surface area contributed by atoms with Gasteiger partial charge in [-0.3, -0.25) is 19.2 Å². The van der Waals surface area contributed by atoms with Crippen molar-refractivity contribution in [3.05, 3.63) is 0 Å². The van der Waals surface area contributed by atoms with Crippen LogP contribution >= 0.6 is 0 Å². The highest BCUT2D eigenvalue weighted by molar-refractivity contribution is 5.79. The smallest absolute Gasteiger partial charge is 0.132 e. The van der Waals surface area contributed by atoms with Gasteiger partial charge in [0.1, 0.15) is 23.1 Å². The monoisotopic (exact) mass is 833 g/mol. The van der Waals surface area contributed by atoms with E-state index in [-0.39, 0.29) is 0 Å². The standard InChI is InChI=1S/4C14H24O/c4*1-9-5-4-6-13-10(2)7-12(11(3)15)8-14(9)13/h4*9-10,12-14H,4-8H2,1-3H3/t2*9-,10+,12+,13?,14?;2*9-,10+,12-,13?,14?/m1111/s1. The average molecular weight is 833 g/mol. The maximum Gasteiger partial charge on any atom is 0.132 e. The molecule has 0 bridgehead atoms. The van der Waals surface area contributed by atoms with Gasteiger partial charge in [-0.15, -0.1) is 0 Å². The molecule has 8 fully saturated rings. The zero-order valence-electron chi connectivity index (χ0n) is 41.3. The van der Waals surface area contributed by atoms with Crippen LogP contribution in [0.2, 0.25) is 0 Å². The third kappa shape index (κ3) is 12.5. The van der Waals surface area contributed by atoms with Crippen LogP contribution in [0.4, 0.5) is 0 Å². The second kappa shape index (κ2) is 22.5. The molecule has 8 unspecified atom stereocenters. The van der Waals surface area contributed by atoms with Gasteiger partial charge in [0.25, 0.3) is 0 Å². The molecular weight excluding hydrogens is 737 g/mol. The van der Waals surface area contributed by atoms with Crippen molar-refractivity contribution in [2.24, 2.45) is 118 Å². The zero-order chi connectivity index (χ0) is 44.0. The minimum atomic E-state index is 0.377. The Balaban J connectivity index is 0.000000152. The molecule has 4 heteroatoms. The molecule has 0 N–H and O–H groups in total. The summed E-state index contributed by atoms with van der Waals surface area (Å²) >= 11 is 0. The van der Waals surface area contributed by atoms with Crippen LogP contribution in [0.3, 0.4) is 0 Å². The van der Waals surface area contributed by atoms with Crippen LogP contribution in [0.1, 0.15) is 212 Å². The van der Waals surface area contributed by atoms with E-state index in [9.17, 15) is 19.2 Å². The van der Waals surface area contributed by atoms with Crippen LogP contribution in [0.5, 0.6) is 0 Å². The Morgan fingerprint density at radius 3 is 0.600 bits per heavy atom. The van der Waals surface area contributed by atoms with Gasteiger partial charge >= 0.3 is 0 Å². The van der Waals surface area contributed by atoms with Crippen molar-refractivity contribution in [1.29, 1.82) is 0 Å². The van der Waals surface area contributed by atoms with Gasteiger partial charge in [0.15, 0.2) is 0 Å².